The minimum absolute atomic E-state index is 0.00216. The Labute approximate surface area is 113 Å². The van der Waals surface area contributed by atoms with Crippen LogP contribution in [0.25, 0.3) is 11.0 Å². The average Bonchev–Trinajstić information content (AvgIpc) is 2.37. The molecule has 0 aliphatic rings. The summed E-state index contributed by atoms with van der Waals surface area (Å²) >= 11 is 0. The van der Waals surface area contributed by atoms with E-state index in [4.69, 9.17) is 11.1 Å². The van der Waals surface area contributed by atoms with Crippen LogP contribution in [0.2, 0.25) is 0 Å². The van der Waals surface area contributed by atoms with E-state index in [-0.39, 0.29) is 11.8 Å². The van der Waals surface area contributed by atoms with E-state index in [1.807, 2.05) is 50.1 Å². The Morgan fingerprint density at radius 1 is 1.32 bits per heavy atom. The van der Waals surface area contributed by atoms with Crippen LogP contribution in [0.5, 0.6) is 0 Å². The number of nitrogens with zero attached hydrogens (tertiary/aromatic N) is 3. The maximum Gasteiger partial charge on any atom is 0.150 e. The summed E-state index contributed by atoms with van der Waals surface area (Å²) in [4.78, 5) is 11.2. The van der Waals surface area contributed by atoms with Crippen molar-refractivity contribution < 1.29 is 0 Å². The van der Waals surface area contributed by atoms with Gasteiger partial charge in [-0.25, -0.2) is 9.97 Å². The number of aryl methyl sites for hydroxylation is 1. The smallest absolute Gasteiger partial charge is 0.150 e. The zero-order valence-electron chi connectivity index (χ0n) is 11.5. The minimum Gasteiger partial charge on any atom is -0.387 e. The number of benzene rings is 1. The minimum atomic E-state index is -0.00216. The third-order valence-electron chi connectivity index (χ3n) is 3.16. The van der Waals surface area contributed by atoms with Crippen molar-refractivity contribution in [3.63, 3.8) is 0 Å². The number of rotatable bonds is 4. The summed E-state index contributed by atoms with van der Waals surface area (Å²) in [6.07, 6.45) is 0. The lowest BCUT2D eigenvalue weighted by Crippen LogP contribution is -2.33. The highest BCUT2D eigenvalue weighted by atomic mass is 15.2. The number of fused-ring (bicyclic) bond motifs is 1. The molecule has 0 radical (unpaired) electrons. The fourth-order valence-electron chi connectivity index (χ4n) is 2.04. The number of para-hydroxylation sites is 2. The number of hydrogen-bond donors (Lipinski definition) is 2. The molecule has 5 heteroatoms. The number of anilines is 1. The molecule has 1 aromatic heterocycles. The molecule has 0 saturated heterocycles. The third-order valence-corrected chi connectivity index (χ3v) is 3.16. The summed E-state index contributed by atoms with van der Waals surface area (Å²) in [7, 11) is 1.95. The molecular weight excluding hydrogens is 238 g/mol. The van der Waals surface area contributed by atoms with Crippen molar-refractivity contribution in [2.75, 3.05) is 18.5 Å². The first-order chi connectivity index (χ1) is 8.99. The summed E-state index contributed by atoms with van der Waals surface area (Å²) in [5, 5.41) is 7.46. The van der Waals surface area contributed by atoms with Gasteiger partial charge in [-0.3, -0.25) is 5.41 Å². The van der Waals surface area contributed by atoms with Gasteiger partial charge >= 0.3 is 0 Å². The molecule has 5 nitrogen and oxygen atoms in total. The van der Waals surface area contributed by atoms with Crippen molar-refractivity contribution >= 4 is 22.7 Å². The van der Waals surface area contributed by atoms with Crippen LogP contribution in [0, 0.1) is 18.3 Å². The number of amidine groups is 1. The molecule has 0 fully saturated rings. The summed E-state index contributed by atoms with van der Waals surface area (Å²) in [5.74, 6) is 1.03. The second-order valence-corrected chi connectivity index (χ2v) is 4.86. The van der Waals surface area contributed by atoms with E-state index in [1.54, 1.807) is 0 Å². The van der Waals surface area contributed by atoms with Crippen molar-refractivity contribution in [2.24, 2.45) is 11.7 Å². The third kappa shape index (κ3) is 2.81. The molecule has 1 atom stereocenters. The molecule has 0 aliphatic heterocycles. The van der Waals surface area contributed by atoms with Gasteiger partial charge in [-0.05, 0) is 19.1 Å². The second-order valence-electron chi connectivity index (χ2n) is 4.86. The van der Waals surface area contributed by atoms with Gasteiger partial charge in [0.2, 0.25) is 0 Å². The van der Waals surface area contributed by atoms with Gasteiger partial charge in [0.25, 0.3) is 0 Å². The predicted molar refractivity (Wildman–Crippen MR) is 78.6 cm³/mol. The number of hydrogen-bond acceptors (Lipinski definition) is 4. The summed E-state index contributed by atoms with van der Waals surface area (Å²) in [6.45, 7) is 4.54. The molecule has 1 heterocycles. The van der Waals surface area contributed by atoms with E-state index in [2.05, 4.69) is 9.97 Å². The Kier molecular flexibility index (Phi) is 3.64. The largest absolute Gasteiger partial charge is 0.387 e. The SMILES string of the molecule is Cc1nc2ccccc2nc1N(C)CC(C)C(=N)N. The lowest BCUT2D eigenvalue weighted by Gasteiger charge is -2.23. The zero-order valence-corrected chi connectivity index (χ0v) is 11.5. The Balaban J connectivity index is 2.33. The molecule has 0 saturated carbocycles. The molecule has 1 unspecified atom stereocenters. The van der Waals surface area contributed by atoms with Crippen LogP contribution in [0.1, 0.15) is 12.6 Å². The number of nitrogens with one attached hydrogen (secondary N) is 1. The van der Waals surface area contributed by atoms with Crippen LogP contribution in [0.15, 0.2) is 24.3 Å². The van der Waals surface area contributed by atoms with Crippen LogP contribution >= 0.6 is 0 Å². The van der Waals surface area contributed by atoms with Crippen LogP contribution in [-0.4, -0.2) is 29.4 Å². The summed E-state index contributed by atoms with van der Waals surface area (Å²) in [6, 6.07) is 7.82. The van der Waals surface area contributed by atoms with E-state index in [0.29, 0.717) is 6.54 Å². The van der Waals surface area contributed by atoms with E-state index in [0.717, 1.165) is 22.5 Å². The van der Waals surface area contributed by atoms with Crippen LogP contribution in [0.3, 0.4) is 0 Å². The topological polar surface area (TPSA) is 78.9 Å². The Bertz CT molecular complexity index is 608. The lowest BCUT2D eigenvalue weighted by atomic mass is 10.1. The Hall–Kier alpha value is -2.17. The Morgan fingerprint density at radius 2 is 1.89 bits per heavy atom. The van der Waals surface area contributed by atoms with E-state index in [9.17, 15) is 0 Å². The van der Waals surface area contributed by atoms with Crippen LogP contribution in [-0.2, 0) is 0 Å². The standard InChI is InChI=1S/C14H19N5/c1-9(13(15)16)8-19(3)14-10(2)17-11-6-4-5-7-12(11)18-14/h4-7,9H,8H2,1-3H3,(H3,15,16). The van der Waals surface area contributed by atoms with Gasteiger partial charge in [0.15, 0.2) is 5.82 Å². The maximum atomic E-state index is 7.46. The monoisotopic (exact) mass is 257 g/mol. The maximum absolute atomic E-state index is 7.46. The van der Waals surface area contributed by atoms with Gasteiger partial charge in [0, 0.05) is 19.5 Å². The second kappa shape index (κ2) is 5.22. The van der Waals surface area contributed by atoms with Crippen molar-refractivity contribution in [2.45, 2.75) is 13.8 Å². The molecular formula is C14H19N5. The average molecular weight is 257 g/mol. The summed E-state index contributed by atoms with van der Waals surface area (Å²) in [5.41, 5.74) is 8.18. The van der Waals surface area contributed by atoms with E-state index >= 15 is 0 Å². The van der Waals surface area contributed by atoms with Crippen molar-refractivity contribution in [3.05, 3.63) is 30.0 Å². The molecule has 3 N–H and O–H groups in total. The fourth-order valence-corrected chi connectivity index (χ4v) is 2.04. The fraction of sp³-hybridized carbons (Fsp3) is 0.357. The Morgan fingerprint density at radius 3 is 2.47 bits per heavy atom. The number of nitrogens with two attached hydrogens (primary N) is 1. The molecule has 0 spiro atoms. The van der Waals surface area contributed by atoms with Gasteiger partial charge in [-0.2, -0.15) is 0 Å². The quantitative estimate of drug-likeness (QED) is 0.648. The first-order valence-corrected chi connectivity index (χ1v) is 6.27. The van der Waals surface area contributed by atoms with Gasteiger partial charge in [-0.15, -0.1) is 0 Å². The summed E-state index contributed by atoms with van der Waals surface area (Å²) < 4.78 is 0. The highest BCUT2D eigenvalue weighted by molar-refractivity contribution is 5.80. The number of aromatic nitrogens is 2. The molecule has 19 heavy (non-hydrogen) atoms. The molecule has 100 valence electrons. The zero-order chi connectivity index (χ0) is 14.0. The van der Waals surface area contributed by atoms with Crippen LogP contribution < -0.4 is 10.6 Å². The molecule has 0 amide bonds. The predicted octanol–water partition coefficient (Wildman–Crippen LogP) is 1.95. The molecule has 1 aromatic carbocycles. The first-order valence-electron chi connectivity index (χ1n) is 6.27. The normalized spacial score (nSPS) is 12.4. The van der Waals surface area contributed by atoms with Gasteiger partial charge in [0.05, 0.1) is 22.6 Å². The van der Waals surface area contributed by atoms with Gasteiger partial charge in [0.1, 0.15) is 0 Å². The van der Waals surface area contributed by atoms with E-state index in [1.165, 1.54) is 0 Å². The van der Waals surface area contributed by atoms with Crippen molar-refractivity contribution in [1.29, 1.82) is 5.41 Å². The van der Waals surface area contributed by atoms with Crippen molar-refractivity contribution in [1.82, 2.24) is 9.97 Å². The van der Waals surface area contributed by atoms with Crippen molar-refractivity contribution in [3.8, 4) is 0 Å². The first kappa shape index (κ1) is 13.3. The van der Waals surface area contributed by atoms with Gasteiger partial charge in [-0.1, -0.05) is 19.1 Å². The van der Waals surface area contributed by atoms with E-state index < -0.39 is 0 Å². The molecule has 2 aromatic rings. The highest BCUT2D eigenvalue weighted by Gasteiger charge is 2.14. The molecule has 2 rings (SSSR count). The highest BCUT2D eigenvalue weighted by Crippen LogP contribution is 2.19. The van der Waals surface area contributed by atoms with Crippen LogP contribution in [0.4, 0.5) is 5.82 Å². The molecule has 0 bridgehead atoms. The molecule has 0 aliphatic carbocycles. The van der Waals surface area contributed by atoms with Gasteiger partial charge < -0.3 is 10.6 Å². The lowest BCUT2D eigenvalue weighted by molar-refractivity contribution is 0.720.